The Bertz CT molecular complexity index is 707. The maximum absolute atomic E-state index is 12.8. The van der Waals surface area contributed by atoms with Crippen LogP contribution in [0.2, 0.25) is 10.2 Å². The number of nitrogens with one attached hydrogen (secondary N) is 2. The van der Waals surface area contributed by atoms with Gasteiger partial charge in [0, 0.05) is 0 Å². The van der Waals surface area contributed by atoms with E-state index in [1.165, 1.54) is 30.3 Å². The Balaban J connectivity index is 2.17. The fourth-order valence-electron chi connectivity index (χ4n) is 1.60. The molecule has 1 amide bonds. The largest absolute Gasteiger partial charge is 0.418 e. The second kappa shape index (κ2) is 6.41. The van der Waals surface area contributed by atoms with E-state index in [-0.39, 0.29) is 21.6 Å². The zero-order valence-corrected chi connectivity index (χ0v) is 12.2. The summed E-state index contributed by atoms with van der Waals surface area (Å²) in [5.74, 6) is -0.815. The first-order valence-electron chi connectivity index (χ1n) is 5.83. The van der Waals surface area contributed by atoms with Gasteiger partial charge >= 0.3 is 6.18 Å². The van der Waals surface area contributed by atoms with Gasteiger partial charge < -0.3 is 0 Å². The number of rotatable bonds is 3. The van der Waals surface area contributed by atoms with Crippen molar-refractivity contribution in [2.75, 3.05) is 5.43 Å². The number of para-hydroxylation sites is 1. The van der Waals surface area contributed by atoms with Gasteiger partial charge in [-0.2, -0.15) is 13.2 Å². The zero-order valence-electron chi connectivity index (χ0n) is 10.7. The Morgan fingerprint density at radius 2 is 1.77 bits per heavy atom. The number of anilines is 1. The Labute approximate surface area is 133 Å². The van der Waals surface area contributed by atoms with Crippen LogP contribution in [0.1, 0.15) is 16.1 Å². The minimum atomic E-state index is -4.56. The van der Waals surface area contributed by atoms with Crippen LogP contribution in [-0.2, 0) is 6.18 Å². The molecule has 0 unspecified atom stereocenters. The lowest BCUT2D eigenvalue weighted by atomic mass is 10.2. The van der Waals surface area contributed by atoms with Crippen molar-refractivity contribution in [2.24, 2.45) is 0 Å². The van der Waals surface area contributed by atoms with Gasteiger partial charge in [-0.3, -0.25) is 15.6 Å². The van der Waals surface area contributed by atoms with Gasteiger partial charge in [0.2, 0.25) is 0 Å². The number of pyridine rings is 1. The highest BCUT2D eigenvalue weighted by molar-refractivity contribution is 6.34. The van der Waals surface area contributed by atoms with Crippen LogP contribution in [0.5, 0.6) is 0 Å². The van der Waals surface area contributed by atoms with Gasteiger partial charge in [0.05, 0.1) is 16.3 Å². The maximum Gasteiger partial charge on any atom is 0.418 e. The van der Waals surface area contributed by atoms with E-state index in [2.05, 4.69) is 15.8 Å². The molecule has 0 spiro atoms. The van der Waals surface area contributed by atoms with Gasteiger partial charge in [-0.05, 0) is 24.3 Å². The van der Waals surface area contributed by atoms with Gasteiger partial charge in [-0.25, -0.2) is 4.98 Å². The number of halogens is 5. The van der Waals surface area contributed by atoms with Crippen molar-refractivity contribution in [1.82, 2.24) is 10.4 Å². The quantitative estimate of drug-likeness (QED) is 0.646. The topological polar surface area (TPSA) is 54.0 Å². The predicted molar refractivity (Wildman–Crippen MR) is 76.8 cm³/mol. The molecule has 0 aliphatic carbocycles. The first kappa shape index (κ1) is 16.4. The zero-order chi connectivity index (χ0) is 16.3. The number of benzene rings is 1. The van der Waals surface area contributed by atoms with Crippen LogP contribution in [-0.4, -0.2) is 10.9 Å². The smallest absolute Gasteiger partial charge is 0.298 e. The molecule has 0 aliphatic heterocycles. The van der Waals surface area contributed by atoms with Crippen molar-refractivity contribution in [3.8, 4) is 0 Å². The summed E-state index contributed by atoms with van der Waals surface area (Å²) in [4.78, 5) is 15.6. The lowest BCUT2D eigenvalue weighted by molar-refractivity contribution is -0.137. The van der Waals surface area contributed by atoms with Gasteiger partial charge in [0.1, 0.15) is 10.8 Å². The summed E-state index contributed by atoms with van der Waals surface area (Å²) in [6, 6.07) is 7.44. The summed E-state index contributed by atoms with van der Waals surface area (Å²) < 4.78 is 38.4. The van der Waals surface area contributed by atoms with Crippen LogP contribution in [0.15, 0.2) is 36.4 Å². The van der Waals surface area contributed by atoms with E-state index < -0.39 is 17.6 Å². The Morgan fingerprint density at radius 3 is 2.45 bits per heavy atom. The van der Waals surface area contributed by atoms with E-state index in [9.17, 15) is 18.0 Å². The number of hydrogen-bond donors (Lipinski definition) is 2. The highest BCUT2D eigenvalue weighted by Crippen LogP contribution is 2.34. The summed E-state index contributed by atoms with van der Waals surface area (Å²) in [6.07, 6.45) is -4.56. The van der Waals surface area contributed by atoms with E-state index in [1.807, 2.05) is 0 Å². The van der Waals surface area contributed by atoms with E-state index in [1.54, 1.807) is 0 Å². The first-order chi connectivity index (χ1) is 10.3. The average molecular weight is 350 g/mol. The van der Waals surface area contributed by atoms with E-state index in [0.29, 0.717) is 0 Å². The predicted octanol–water partition coefficient (Wildman–Crippen LogP) is 4.16. The molecule has 22 heavy (non-hydrogen) atoms. The second-order valence-electron chi connectivity index (χ2n) is 4.09. The normalized spacial score (nSPS) is 11.1. The molecule has 0 aliphatic rings. The van der Waals surface area contributed by atoms with E-state index >= 15 is 0 Å². The fourth-order valence-corrected chi connectivity index (χ4v) is 1.94. The third-order valence-corrected chi connectivity index (χ3v) is 3.09. The third kappa shape index (κ3) is 3.80. The number of carbonyl (C=O) groups is 1. The highest BCUT2D eigenvalue weighted by Gasteiger charge is 2.33. The van der Waals surface area contributed by atoms with Crippen molar-refractivity contribution in [1.29, 1.82) is 0 Å². The fraction of sp³-hybridized carbons (Fsp3) is 0.0769. The van der Waals surface area contributed by atoms with Crippen LogP contribution in [0.3, 0.4) is 0 Å². The van der Waals surface area contributed by atoms with E-state index in [0.717, 1.165) is 6.07 Å². The Hall–Kier alpha value is -1.99. The Morgan fingerprint density at radius 1 is 1.09 bits per heavy atom. The number of nitrogens with zero attached hydrogens (tertiary/aromatic N) is 1. The molecule has 1 aromatic heterocycles. The number of hydrazine groups is 1. The molecule has 0 fully saturated rings. The SMILES string of the molecule is O=C(NNc1ccccc1C(F)(F)F)c1nc(Cl)ccc1Cl. The molecule has 0 saturated heterocycles. The molecule has 116 valence electrons. The van der Waals surface area contributed by atoms with Crippen molar-refractivity contribution in [3.05, 3.63) is 57.8 Å². The van der Waals surface area contributed by atoms with Crippen LogP contribution in [0.25, 0.3) is 0 Å². The number of amides is 1. The van der Waals surface area contributed by atoms with Crippen LogP contribution >= 0.6 is 23.2 Å². The molecule has 1 aromatic carbocycles. The molecule has 9 heteroatoms. The molecule has 0 bridgehead atoms. The molecular weight excluding hydrogens is 342 g/mol. The van der Waals surface area contributed by atoms with Crippen molar-refractivity contribution in [3.63, 3.8) is 0 Å². The van der Waals surface area contributed by atoms with Crippen molar-refractivity contribution >= 4 is 34.8 Å². The monoisotopic (exact) mass is 349 g/mol. The number of alkyl halides is 3. The summed E-state index contributed by atoms with van der Waals surface area (Å²) in [5.41, 5.74) is 2.88. The van der Waals surface area contributed by atoms with Gasteiger partial charge in [0.15, 0.2) is 0 Å². The van der Waals surface area contributed by atoms with Gasteiger partial charge in [0.25, 0.3) is 5.91 Å². The minimum Gasteiger partial charge on any atom is -0.298 e. The Kier molecular flexibility index (Phi) is 4.77. The summed E-state index contributed by atoms with van der Waals surface area (Å²) in [6.45, 7) is 0. The maximum atomic E-state index is 12.8. The molecule has 1 heterocycles. The second-order valence-corrected chi connectivity index (χ2v) is 4.88. The summed E-state index contributed by atoms with van der Waals surface area (Å²) >= 11 is 11.4. The highest BCUT2D eigenvalue weighted by atomic mass is 35.5. The number of carbonyl (C=O) groups excluding carboxylic acids is 1. The van der Waals surface area contributed by atoms with Crippen LogP contribution < -0.4 is 10.9 Å². The first-order valence-corrected chi connectivity index (χ1v) is 6.59. The molecular formula is C13H8Cl2F3N3O. The van der Waals surface area contributed by atoms with E-state index in [4.69, 9.17) is 23.2 Å². The lowest BCUT2D eigenvalue weighted by Gasteiger charge is -2.15. The number of hydrogen-bond acceptors (Lipinski definition) is 3. The van der Waals surface area contributed by atoms with Gasteiger partial charge in [-0.1, -0.05) is 35.3 Å². The average Bonchev–Trinajstić information content (AvgIpc) is 2.46. The minimum absolute atomic E-state index is 0.0211. The van der Waals surface area contributed by atoms with Crippen LogP contribution in [0, 0.1) is 0 Å². The van der Waals surface area contributed by atoms with Crippen LogP contribution in [0.4, 0.5) is 18.9 Å². The third-order valence-electron chi connectivity index (χ3n) is 2.57. The molecule has 2 aromatic rings. The lowest BCUT2D eigenvalue weighted by Crippen LogP contribution is -2.31. The molecule has 2 rings (SSSR count). The standard InChI is InChI=1S/C13H8Cl2F3N3O/c14-8-5-6-10(15)19-11(8)12(22)21-20-9-4-2-1-3-7(9)13(16,17)18/h1-6,20H,(H,21,22). The molecule has 2 N–H and O–H groups in total. The molecule has 0 atom stereocenters. The summed E-state index contributed by atoms with van der Waals surface area (Å²) in [5, 5.41) is 0.0537. The number of aromatic nitrogens is 1. The molecule has 0 radical (unpaired) electrons. The van der Waals surface area contributed by atoms with Crippen molar-refractivity contribution in [2.45, 2.75) is 6.18 Å². The molecule has 0 saturated carbocycles. The summed E-state index contributed by atoms with van der Waals surface area (Å²) in [7, 11) is 0. The van der Waals surface area contributed by atoms with Gasteiger partial charge in [-0.15, -0.1) is 0 Å². The van der Waals surface area contributed by atoms with Crippen molar-refractivity contribution < 1.29 is 18.0 Å². The molecule has 4 nitrogen and oxygen atoms in total.